The molecule has 126 valence electrons. The van der Waals surface area contributed by atoms with Gasteiger partial charge >= 0.3 is 0 Å². The first-order valence-electron chi connectivity index (χ1n) is 8.31. The van der Waals surface area contributed by atoms with Crippen LogP contribution in [0.3, 0.4) is 0 Å². The van der Waals surface area contributed by atoms with Gasteiger partial charge in [0.25, 0.3) is 0 Å². The number of nitrogens with two attached hydrogens (primary N) is 1. The van der Waals surface area contributed by atoms with Gasteiger partial charge in [0, 0.05) is 12.0 Å². The number of benzene rings is 2. The number of carbonyl (C=O) groups is 1. The molecule has 1 aliphatic carbocycles. The number of hydrogen-bond donors (Lipinski definition) is 2. The van der Waals surface area contributed by atoms with E-state index in [0.29, 0.717) is 17.8 Å². The van der Waals surface area contributed by atoms with Gasteiger partial charge in [0.15, 0.2) is 5.78 Å². The van der Waals surface area contributed by atoms with Crippen LogP contribution < -0.4 is 5.73 Å². The third-order valence-corrected chi connectivity index (χ3v) is 4.76. The maximum Gasteiger partial charge on any atom is 0.194 e. The second kappa shape index (κ2) is 5.42. The van der Waals surface area contributed by atoms with Gasteiger partial charge in [0.1, 0.15) is 5.82 Å². The van der Waals surface area contributed by atoms with Crippen molar-refractivity contribution >= 4 is 28.7 Å². The summed E-state index contributed by atoms with van der Waals surface area (Å²) in [4.78, 5) is 20.2. The number of imidazole rings is 1. The van der Waals surface area contributed by atoms with Crippen LogP contribution in [0.1, 0.15) is 21.5 Å². The minimum Gasteiger partial charge on any atom is -0.383 e. The van der Waals surface area contributed by atoms with E-state index in [-0.39, 0.29) is 5.78 Å². The van der Waals surface area contributed by atoms with Gasteiger partial charge in [-0.1, -0.05) is 24.3 Å². The largest absolute Gasteiger partial charge is 0.383 e. The van der Waals surface area contributed by atoms with Crippen molar-refractivity contribution in [3.05, 3.63) is 77.3 Å². The summed E-state index contributed by atoms with van der Waals surface area (Å²) < 4.78 is 1.58. The number of nitrogens with zero attached hydrogens (tertiary/aromatic N) is 3. The van der Waals surface area contributed by atoms with Crippen molar-refractivity contribution in [1.82, 2.24) is 19.7 Å². The van der Waals surface area contributed by atoms with E-state index >= 15 is 0 Å². The van der Waals surface area contributed by atoms with Gasteiger partial charge < -0.3 is 10.7 Å². The molecule has 6 nitrogen and oxygen atoms in total. The van der Waals surface area contributed by atoms with Gasteiger partial charge in [-0.2, -0.15) is 5.10 Å². The van der Waals surface area contributed by atoms with Crippen LogP contribution in [0.2, 0.25) is 0 Å². The van der Waals surface area contributed by atoms with E-state index in [0.717, 1.165) is 33.4 Å². The van der Waals surface area contributed by atoms with Crippen molar-refractivity contribution in [2.75, 3.05) is 5.73 Å². The first-order valence-corrected chi connectivity index (χ1v) is 8.31. The fourth-order valence-electron chi connectivity index (χ4n) is 3.39. The molecule has 0 radical (unpaired) electrons. The zero-order valence-corrected chi connectivity index (χ0v) is 13.8. The zero-order valence-electron chi connectivity index (χ0n) is 13.8. The molecule has 0 atom stereocenters. The smallest absolute Gasteiger partial charge is 0.194 e. The number of Topliss-reactive ketones (excluding diaryl/α,β-unsaturated/α-hetero) is 1. The summed E-state index contributed by atoms with van der Waals surface area (Å²) in [6, 6.07) is 13.7. The van der Waals surface area contributed by atoms with Crippen molar-refractivity contribution in [1.29, 1.82) is 0 Å². The van der Waals surface area contributed by atoms with Gasteiger partial charge in [0.05, 0.1) is 34.8 Å². The maximum atomic E-state index is 12.9. The van der Waals surface area contributed by atoms with E-state index in [4.69, 9.17) is 5.73 Å². The molecule has 0 spiro atoms. The number of hydrogen-bond acceptors (Lipinski definition) is 4. The van der Waals surface area contributed by atoms with E-state index in [1.165, 1.54) is 0 Å². The van der Waals surface area contributed by atoms with Gasteiger partial charge in [-0.05, 0) is 35.4 Å². The molecule has 0 aliphatic heterocycles. The van der Waals surface area contributed by atoms with Gasteiger partial charge in [0.2, 0.25) is 0 Å². The van der Waals surface area contributed by atoms with Crippen LogP contribution in [0.25, 0.3) is 22.8 Å². The number of H-pyrrole nitrogens is 1. The molecular weight excluding hydrogens is 326 g/mol. The Bertz CT molecular complexity index is 1200. The van der Waals surface area contributed by atoms with Gasteiger partial charge in [-0.3, -0.25) is 4.79 Å². The summed E-state index contributed by atoms with van der Waals surface area (Å²) in [6.07, 6.45) is 5.74. The normalized spacial score (nSPS) is 13.0. The standard InChI is InChI=1S/C20H15N5O/c21-20-16(19(26)14-7-12-3-1-2-4-13(12)8-14)10-24-25(20)15-5-6-17-18(9-15)23-11-22-17/h1-7,9-11H,8,21H2,(H,22,23). The summed E-state index contributed by atoms with van der Waals surface area (Å²) in [6.45, 7) is 0. The van der Waals surface area contributed by atoms with E-state index < -0.39 is 0 Å². The van der Waals surface area contributed by atoms with Crippen LogP contribution in [0.4, 0.5) is 5.82 Å². The lowest BCUT2D eigenvalue weighted by Gasteiger charge is -2.05. The van der Waals surface area contributed by atoms with Crippen molar-refractivity contribution in [3.8, 4) is 5.69 Å². The number of fused-ring (bicyclic) bond motifs is 2. The Morgan fingerprint density at radius 2 is 2.08 bits per heavy atom. The molecule has 0 fully saturated rings. The lowest BCUT2D eigenvalue weighted by Crippen LogP contribution is -2.08. The molecule has 2 aromatic heterocycles. The number of nitrogen functional groups attached to an aromatic ring is 1. The maximum absolute atomic E-state index is 12.9. The van der Waals surface area contributed by atoms with Crippen molar-refractivity contribution in [2.24, 2.45) is 0 Å². The lowest BCUT2D eigenvalue weighted by molar-refractivity contribution is 0.103. The van der Waals surface area contributed by atoms with Crippen LogP contribution >= 0.6 is 0 Å². The molecule has 0 unspecified atom stereocenters. The third-order valence-electron chi connectivity index (χ3n) is 4.76. The summed E-state index contributed by atoms with van der Waals surface area (Å²) in [7, 11) is 0. The molecular formula is C20H15N5O. The Morgan fingerprint density at radius 3 is 2.96 bits per heavy atom. The van der Waals surface area contributed by atoms with Crippen molar-refractivity contribution in [3.63, 3.8) is 0 Å². The molecule has 26 heavy (non-hydrogen) atoms. The highest BCUT2D eigenvalue weighted by Gasteiger charge is 2.23. The second-order valence-electron chi connectivity index (χ2n) is 6.33. The summed E-state index contributed by atoms with van der Waals surface area (Å²) in [5, 5.41) is 4.33. The van der Waals surface area contributed by atoms with E-state index in [1.54, 1.807) is 17.2 Å². The monoisotopic (exact) mass is 341 g/mol. The third kappa shape index (κ3) is 2.16. The Kier molecular flexibility index (Phi) is 3.05. The van der Waals surface area contributed by atoms with E-state index in [1.807, 2.05) is 48.5 Å². The zero-order chi connectivity index (χ0) is 17.7. The molecule has 0 saturated carbocycles. The first-order chi connectivity index (χ1) is 12.7. The molecule has 4 aromatic rings. The molecule has 6 heteroatoms. The molecule has 0 bridgehead atoms. The molecule has 1 aliphatic rings. The Hall–Kier alpha value is -3.67. The first kappa shape index (κ1) is 14.7. The lowest BCUT2D eigenvalue weighted by atomic mass is 10.0. The minimum absolute atomic E-state index is 0.0763. The molecule has 0 amide bonds. The Labute approximate surface area is 149 Å². The van der Waals surface area contributed by atoms with Crippen molar-refractivity contribution in [2.45, 2.75) is 6.42 Å². The average Bonchev–Trinajstić information content (AvgIpc) is 3.38. The second-order valence-corrected chi connectivity index (χ2v) is 6.33. The number of allylic oxidation sites excluding steroid dienone is 1. The highest BCUT2D eigenvalue weighted by Crippen LogP contribution is 2.29. The highest BCUT2D eigenvalue weighted by molar-refractivity contribution is 6.15. The summed E-state index contributed by atoms with van der Waals surface area (Å²) >= 11 is 0. The van der Waals surface area contributed by atoms with Crippen LogP contribution in [0, 0.1) is 0 Å². The highest BCUT2D eigenvalue weighted by atomic mass is 16.1. The molecule has 5 rings (SSSR count). The fraction of sp³-hybridized carbons (Fsp3) is 0.0500. The topological polar surface area (TPSA) is 89.6 Å². The van der Waals surface area contributed by atoms with E-state index in [9.17, 15) is 4.79 Å². The number of nitrogens with one attached hydrogen (secondary N) is 1. The number of rotatable bonds is 3. The number of ketones is 1. The number of carbonyl (C=O) groups excluding carboxylic acids is 1. The molecule has 3 N–H and O–H groups in total. The van der Waals surface area contributed by atoms with Gasteiger partial charge in [-0.25, -0.2) is 9.67 Å². The SMILES string of the molecule is Nc1c(C(=O)C2=Cc3ccccc3C2)cnn1-c1ccc2nc[nH]c2c1. The molecule has 2 aromatic carbocycles. The van der Waals surface area contributed by atoms with Crippen LogP contribution in [-0.4, -0.2) is 25.5 Å². The van der Waals surface area contributed by atoms with Crippen molar-refractivity contribution < 1.29 is 4.79 Å². The number of aromatic amines is 1. The molecule has 0 saturated heterocycles. The van der Waals surface area contributed by atoms with Crippen LogP contribution in [0.15, 0.2) is 60.6 Å². The quantitative estimate of drug-likeness (QED) is 0.560. The predicted molar refractivity (Wildman–Crippen MR) is 100 cm³/mol. The Balaban J connectivity index is 1.51. The summed E-state index contributed by atoms with van der Waals surface area (Å²) in [5.74, 6) is 0.262. The minimum atomic E-state index is -0.0763. The number of anilines is 1. The Morgan fingerprint density at radius 1 is 1.19 bits per heavy atom. The average molecular weight is 341 g/mol. The predicted octanol–water partition coefficient (Wildman–Crippen LogP) is 3.15. The number of aromatic nitrogens is 4. The fourth-order valence-corrected chi connectivity index (χ4v) is 3.39. The van der Waals surface area contributed by atoms with Crippen LogP contribution in [0.5, 0.6) is 0 Å². The molecule has 2 heterocycles. The summed E-state index contributed by atoms with van der Waals surface area (Å²) in [5.41, 5.74) is 12.2. The van der Waals surface area contributed by atoms with Gasteiger partial charge in [-0.15, -0.1) is 0 Å². The van der Waals surface area contributed by atoms with E-state index in [2.05, 4.69) is 15.1 Å². The van der Waals surface area contributed by atoms with Crippen LogP contribution in [-0.2, 0) is 6.42 Å².